The molecule has 66 valence electrons. The Kier molecular flexibility index (Phi) is 2.34. The van der Waals surface area contributed by atoms with Gasteiger partial charge in [-0.3, -0.25) is 4.79 Å². The van der Waals surface area contributed by atoms with Crippen LogP contribution >= 0.6 is 0 Å². The largest absolute Gasteiger partial charge is 0.398 e. The second-order valence-electron chi connectivity index (χ2n) is 2.89. The van der Waals surface area contributed by atoms with Gasteiger partial charge in [-0.2, -0.15) is 5.26 Å². The minimum absolute atomic E-state index is 0.169. The summed E-state index contributed by atoms with van der Waals surface area (Å²) < 4.78 is 0. The zero-order chi connectivity index (χ0) is 10.0. The van der Waals surface area contributed by atoms with Crippen LogP contribution in [0.25, 0.3) is 0 Å². The fourth-order valence-electron chi connectivity index (χ4n) is 1.20. The first kappa shape index (κ1) is 9.27. The van der Waals surface area contributed by atoms with Gasteiger partial charge in [0.15, 0.2) is 5.78 Å². The van der Waals surface area contributed by atoms with E-state index in [1.807, 2.05) is 13.0 Å². The van der Waals surface area contributed by atoms with Crippen molar-refractivity contribution in [3.8, 4) is 6.07 Å². The number of nitriles is 1. The molecule has 0 atom stereocenters. The van der Waals surface area contributed by atoms with Gasteiger partial charge < -0.3 is 5.73 Å². The van der Waals surface area contributed by atoms with E-state index < -0.39 is 0 Å². The molecule has 0 amide bonds. The quantitative estimate of drug-likeness (QED) is 0.520. The molecule has 0 unspecified atom stereocenters. The number of carbonyl (C=O) groups excluding carboxylic acids is 1. The number of hydrogen-bond acceptors (Lipinski definition) is 3. The first-order valence-electron chi connectivity index (χ1n) is 3.88. The molecule has 3 nitrogen and oxygen atoms in total. The predicted molar refractivity (Wildman–Crippen MR) is 50.3 cm³/mol. The van der Waals surface area contributed by atoms with Crippen LogP contribution < -0.4 is 5.73 Å². The Morgan fingerprint density at radius 2 is 2.15 bits per heavy atom. The van der Waals surface area contributed by atoms with Crippen molar-refractivity contribution in [3.63, 3.8) is 0 Å². The third-order valence-electron chi connectivity index (χ3n) is 1.94. The Labute approximate surface area is 76.8 Å². The lowest BCUT2D eigenvalue weighted by Crippen LogP contribution is -2.04. The highest BCUT2D eigenvalue weighted by Crippen LogP contribution is 2.21. The van der Waals surface area contributed by atoms with E-state index in [2.05, 4.69) is 0 Å². The van der Waals surface area contributed by atoms with E-state index in [-0.39, 0.29) is 5.78 Å². The lowest BCUT2D eigenvalue weighted by molar-refractivity contribution is 0.101. The van der Waals surface area contributed by atoms with Gasteiger partial charge in [-0.1, -0.05) is 6.07 Å². The number of rotatable bonds is 1. The molecule has 0 aromatic heterocycles. The second-order valence-corrected chi connectivity index (χ2v) is 2.89. The van der Waals surface area contributed by atoms with Crippen LogP contribution in [0, 0.1) is 18.3 Å². The van der Waals surface area contributed by atoms with Gasteiger partial charge in [0, 0.05) is 5.69 Å². The molecular formula is C10H10N2O. The van der Waals surface area contributed by atoms with E-state index in [1.54, 1.807) is 12.1 Å². The van der Waals surface area contributed by atoms with Crippen LogP contribution in [0.15, 0.2) is 12.1 Å². The predicted octanol–water partition coefficient (Wildman–Crippen LogP) is 1.65. The van der Waals surface area contributed by atoms with E-state index in [9.17, 15) is 4.79 Å². The van der Waals surface area contributed by atoms with Gasteiger partial charge in [0.25, 0.3) is 0 Å². The number of benzene rings is 1. The summed E-state index contributed by atoms with van der Waals surface area (Å²) in [5.74, 6) is -0.169. The summed E-state index contributed by atoms with van der Waals surface area (Å²) in [6.45, 7) is 3.22. The first-order valence-corrected chi connectivity index (χ1v) is 3.88. The fraction of sp³-hybridized carbons (Fsp3) is 0.200. The van der Waals surface area contributed by atoms with Gasteiger partial charge in [-0.15, -0.1) is 0 Å². The standard InChI is InChI=1S/C10H10N2O/c1-6-3-4-8(5-11)9(7(2)13)10(6)12/h3-4H,12H2,1-2H3. The molecule has 1 aromatic rings. The number of nitrogens with zero attached hydrogens (tertiary/aromatic N) is 1. The summed E-state index contributed by atoms with van der Waals surface area (Å²) in [6, 6.07) is 5.29. The normalized spacial score (nSPS) is 9.31. The number of anilines is 1. The van der Waals surface area contributed by atoms with Crippen molar-refractivity contribution in [2.24, 2.45) is 0 Å². The van der Waals surface area contributed by atoms with E-state index >= 15 is 0 Å². The fourth-order valence-corrected chi connectivity index (χ4v) is 1.20. The molecule has 0 fully saturated rings. The molecular weight excluding hydrogens is 164 g/mol. The van der Waals surface area contributed by atoms with Crippen molar-refractivity contribution in [2.45, 2.75) is 13.8 Å². The Morgan fingerprint density at radius 3 is 2.62 bits per heavy atom. The zero-order valence-electron chi connectivity index (χ0n) is 7.59. The number of nitrogens with two attached hydrogens (primary N) is 1. The molecule has 13 heavy (non-hydrogen) atoms. The molecule has 0 bridgehead atoms. The Bertz CT molecular complexity index is 402. The minimum Gasteiger partial charge on any atom is -0.398 e. The number of hydrogen-bond donors (Lipinski definition) is 1. The zero-order valence-corrected chi connectivity index (χ0v) is 7.59. The van der Waals surface area contributed by atoms with Crippen LogP contribution in [0.1, 0.15) is 28.4 Å². The maximum absolute atomic E-state index is 11.2. The molecule has 0 aliphatic heterocycles. The average molecular weight is 174 g/mol. The van der Waals surface area contributed by atoms with Crippen molar-refractivity contribution in [2.75, 3.05) is 5.73 Å². The molecule has 1 aromatic carbocycles. The Morgan fingerprint density at radius 1 is 1.54 bits per heavy atom. The Hall–Kier alpha value is -1.82. The van der Waals surface area contributed by atoms with Crippen LogP contribution in [0.2, 0.25) is 0 Å². The van der Waals surface area contributed by atoms with Crippen LogP contribution in [0.3, 0.4) is 0 Å². The summed E-state index contributed by atoms with van der Waals surface area (Å²) >= 11 is 0. The maximum atomic E-state index is 11.2. The minimum atomic E-state index is -0.169. The number of carbonyl (C=O) groups is 1. The lowest BCUT2D eigenvalue weighted by atomic mass is 10.00. The van der Waals surface area contributed by atoms with Crippen LogP contribution in [0.5, 0.6) is 0 Å². The number of aryl methyl sites for hydroxylation is 1. The van der Waals surface area contributed by atoms with Gasteiger partial charge in [0.1, 0.15) is 0 Å². The summed E-state index contributed by atoms with van der Waals surface area (Å²) in [7, 11) is 0. The third kappa shape index (κ3) is 1.52. The molecule has 0 aliphatic carbocycles. The second kappa shape index (κ2) is 3.28. The van der Waals surface area contributed by atoms with Crippen LogP contribution in [-0.2, 0) is 0 Å². The topological polar surface area (TPSA) is 66.9 Å². The SMILES string of the molecule is CC(=O)c1c(C#N)ccc(C)c1N. The molecule has 3 heteroatoms. The van der Waals surface area contributed by atoms with Crippen molar-refractivity contribution in [1.82, 2.24) is 0 Å². The third-order valence-corrected chi connectivity index (χ3v) is 1.94. The van der Waals surface area contributed by atoms with E-state index in [0.29, 0.717) is 16.8 Å². The van der Waals surface area contributed by atoms with E-state index in [1.165, 1.54) is 6.92 Å². The van der Waals surface area contributed by atoms with Gasteiger partial charge in [-0.05, 0) is 25.5 Å². The van der Waals surface area contributed by atoms with Gasteiger partial charge in [0.2, 0.25) is 0 Å². The highest BCUT2D eigenvalue weighted by molar-refractivity contribution is 6.02. The highest BCUT2D eigenvalue weighted by Gasteiger charge is 2.12. The van der Waals surface area contributed by atoms with Crippen molar-refractivity contribution in [1.29, 1.82) is 5.26 Å². The average Bonchev–Trinajstić information content (AvgIpc) is 2.08. The molecule has 0 saturated carbocycles. The van der Waals surface area contributed by atoms with Crippen molar-refractivity contribution in [3.05, 3.63) is 28.8 Å². The smallest absolute Gasteiger partial charge is 0.163 e. The van der Waals surface area contributed by atoms with Gasteiger partial charge in [0.05, 0.1) is 17.2 Å². The van der Waals surface area contributed by atoms with E-state index in [0.717, 1.165) is 5.56 Å². The molecule has 0 spiro atoms. The monoisotopic (exact) mass is 174 g/mol. The summed E-state index contributed by atoms with van der Waals surface area (Å²) in [4.78, 5) is 11.2. The van der Waals surface area contributed by atoms with Crippen molar-refractivity contribution < 1.29 is 4.79 Å². The Balaban J connectivity index is 3.53. The molecule has 0 aliphatic rings. The molecule has 1 rings (SSSR count). The molecule has 0 saturated heterocycles. The summed E-state index contributed by atoms with van der Waals surface area (Å²) in [6.07, 6.45) is 0. The summed E-state index contributed by atoms with van der Waals surface area (Å²) in [5, 5.41) is 8.72. The molecule has 0 heterocycles. The molecule has 0 radical (unpaired) electrons. The number of Topliss-reactive ketones (excluding diaryl/α,β-unsaturated/α-hetero) is 1. The lowest BCUT2D eigenvalue weighted by Gasteiger charge is -2.06. The van der Waals surface area contributed by atoms with Crippen LogP contribution in [0.4, 0.5) is 5.69 Å². The van der Waals surface area contributed by atoms with Gasteiger partial charge in [-0.25, -0.2) is 0 Å². The van der Waals surface area contributed by atoms with Crippen molar-refractivity contribution >= 4 is 11.5 Å². The first-order chi connectivity index (χ1) is 6.07. The highest BCUT2D eigenvalue weighted by atomic mass is 16.1. The summed E-state index contributed by atoms with van der Waals surface area (Å²) in [5.41, 5.74) is 7.60. The van der Waals surface area contributed by atoms with E-state index in [4.69, 9.17) is 11.0 Å². The number of nitrogen functional groups attached to an aromatic ring is 1. The van der Waals surface area contributed by atoms with Crippen LogP contribution in [-0.4, -0.2) is 5.78 Å². The van der Waals surface area contributed by atoms with Gasteiger partial charge >= 0.3 is 0 Å². The number of ketones is 1. The maximum Gasteiger partial charge on any atom is 0.163 e. The molecule has 2 N–H and O–H groups in total.